The van der Waals surface area contributed by atoms with Crippen LogP contribution in [0.15, 0.2) is 85.1 Å². The number of nitrogens with zero attached hydrogens (tertiary/aromatic N) is 2. The number of hydrogen-bond acceptors (Lipinski definition) is 2. The second kappa shape index (κ2) is 9.30. The van der Waals surface area contributed by atoms with Crippen molar-refractivity contribution in [3.8, 4) is 22.6 Å². The van der Waals surface area contributed by atoms with Crippen molar-refractivity contribution in [1.82, 2.24) is 15.1 Å². The van der Waals surface area contributed by atoms with Crippen LogP contribution in [0.4, 0.5) is 0 Å². The number of benzene rings is 3. The number of carbonyl (C=O) groups is 1. The van der Waals surface area contributed by atoms with Crippen LogP contribution in [0, 0.1) is 0 Å². The van der Waals surface area contributed by atoms with Crippen molar-refractivity contribution in [2.24, 2.45) is 0 Å². The molecule has 0 fully saturated rings. The molecule has 0 saturated heterocycles. The fourth-order valence-electron chi connectivity index (χ4n) is 3.57. The Hall–Kier alpha value is -3.86. The molecular weight excluding hydrogens is 386 g/mol. The molecule has 1 radical (unpaired) electrons. The summed E-state index contributed by atoms with van der Waals surface area (Å²) in [5.74, 6) is -0.123. The van der Waals surface area contributed by atoms with Gasteiger partial charge in [0.1, 0.15) is 0 Å². The Balaban J connectivity index is 1.46. The minimum atomic E-state index is -0.124. The van der Waals surface area contributed by atoms with Crippen LogP contribution in [0.1, 0.15) is 35.0 Å². The lowest BCUT2D eigenvalue weighted by Crippen LogP contribution is -2.23. The SMILES string of the molecule is CCCc1c(C(=O)NCc2ccc(-c3ccc([O])cc3)cc2)cnn1-c1ccccc1. The maximum absolute atomic E-state index is 12.9. The van der Waals surface area contributed by atoms with E-state index in [-0.39, 0.29) is 11.7 Å². The molecule has 1 aromatic heterocycles. The Morgan fingerprint density at radius 1 is 0.903 bits per heavy atom. The van der Waals surface area contributed by atoms with Gasteiger partial charge in [-0.15, -0.1) is 0 Å². The van der Waals surface area contributed by atoms with Gasteiger partial charge in [0, 0.05) is 6.54 Å². The van der Waals surface area contributed by atoms with Crippen LogP contribution >= 0.6 is 0 Å². The second-order valence-corrected chi connectivity index (χ2v) is 7.41. The van der Waals surface area contributed by atoms with Crippen LogP contribution in [-0.2, 0) is 18.1 Å². The third-order valence-corrected chi connectivity index (χ3v) is 5.20. The lowest BCUT2D eigenvalue weighted by atomic mass is 10.0. The molecule has 4 rings (SSSR count). The van der Waals surface area contributed by atoms with Crippen LogP contribution in [0.2, 0.25) is 0 Å². The van der Waals surface area contributed by atoms with Gasteiger partial charge in [0.2, 0.25) is 0 Å². The minimum Gasteiger partial charge on any atom is -0.348 e. The van der Waals surface area contributed by atoms with E-state index in [1.165, 1.54) is 0 Å². The maximum atomic E-state index is 12.9. The third-order valence-electron chi connectivity index (χ3n) is 5.20. The van der Waals surface area contributed by atoms with Gasteiger partial charge in [-0.25, -0.2) is 4.68 Å². The number of rotatable bonds is 7. The summed E-state index contributed by atoms with van der Waals surface area (Å²) in [7, 11) is 0. The van der Waals surface area contributed by atoms with Crippen LogP contribution in [-0.4, -0.2) is 15.7 Å². The van der Waals surface area contributed by atoms with Crippen molar-refractivity contribution in [2.45, 2.75) is 26.3 Å². The lowest BCUT2D eigenvalue weighted by molar-refractivity contribution is 0.0950. The molecule has 1 N–H and O–H groups in total. The number of para-hydroxylation sites is 1. The predicted octanol–water partition coefficient (Wildman–Crippen LogP) is 5.57. The van der Waals surface area contributed by atoms with Crippen molar-refractivity contribution in [3.05, 3.63) is 102 Å². The summed E-state index contributed by atoms with van der Waals surface area (Å²) in [5, 5.41) is 18.8. The smallest absolute Gasteiger partial charge is 0.255 e. The normalized spacial score (nSPS) is 10.7. The fourth-order valence-corrected chi connectivity index (χ4v) is 3.57. The lowest BCUT2D eigenvalue weighted by Gasteiger charge is -2.10. The minimum absolute atomic E-state index is 0.00103. The van der Waals surface area contributed by atoms with E-state index in [2.05, 4.69) is 17.3 Å². The van der Waals surface area contributed by atoms with E-state index in [0.29, 0.717) is 12.1 Å². The van der Waals surface area contributed by atoms with Crippen LogP contribution < -0.4 is 5.32 Å². The van der Waals surface area contributed by atoms with E-state index in [0.717, 1.165) is 40.9 Å². The van der Waals surface area contributed by atoms with Gasteiger partial charge in [0.25, 0.3) is 5.91 Å². The molecule has 31 heavy (non-hydrogen) atoms. The average molecular weight is 410 g/mol. The molecular formula is C26H24N3O2. The Bertz CT molecular complexity index is 1150. The largest absolute Gasteiger partial charge is 0.348 e. The quantitative estimate of drug-likeness (QED) is 0.433. The van der Waals surface area contributed by atoms with Gasteiger partial charge in [0.05, 0.1) is 23.1 Å². The summed E-state index contributed by atoms with van der Waals surface area (Å²) in [5.41, 5.74) is 5.51. The predicted molar refractivity (Wildman–Crippen MR) is 121 cm³/mol. The highest BCUT2D eigenvalue weighted by Gasteiger charge is 2.17. The third kappa shape index (κ3) is 4.67. The molecule has 0 spiro atoms. The van der Waals surface area contributed by atoms with E-state index >= 15 is 0 Å². The zero-order valence-corrected chi connectivity index (χ0v) is 17.4. The maximum Gasteiger partial charge on any atom is 0.255 e. The van der Waals surface area contributed by atoms with Gasteiger partial charge in [-0.2, -0.15) is 5.10 Å². The molecule has 5 heteroatoms. The van der Waals surface area contributed by atoms with E-state index < -0.39 is 0 Å². The van der Waals surface area contributed by atoms with Gasteiger partial charge in [-0.1, -0.05) is 67.9 Å². The van der Waals surface area contributed by atoms with E-state index in [1.54, 1.807) is 18.3 Å². The molecule has 3 aromatic carbocycles. The highest BCUT2D eigenvalue weighted by molar-refractivity contribution is 5.95. The molecule has 1 amide bonds. The summed E-state index contributed by atoms with van der Waals surface area (Å²) in [6.07, 6.45) is 3.35. The van der Waals surface area contributed by atoms with Crippen molar-refractivity contribution in [2.75, 3.05) is 0 Å². The summed E-state index contributed by atoms with van der Waals surface area (Å²) in [6, 6.07) is 24.6. The first-order chi connectivity index (χ1) is 15.2. The topological polar surface area (TPSA) is 66.8 Å². The van der Waals surface area contributed by atoms with Crippen molar-refractivity contribution in [1.29, 1.82) is 0 Å². The number of hydrogen-bond donors (Lipinski definition) is 1. The summed E-state index contributed by atoms with van der Waals surface area (Å²) in [4.78, 5) is 12.9. The molecule has 1 heterocycles. The molecule has 0 bridgehead atoms. The van der Waals surface area contributed by atoms with Crippen molar-refractivity contribution < 1.29 is 9.90 Å². The van der Waals surface area contributed by atoms with Crippen molar-refractivity contribution >= 4 is 5.91 Å². The van der Waals surface area contributed by atoms with E-state index in [9.17, 15) is 9.90 Å². The van der Waals surface area contributed by atoms with Gasteiger partial charge in [-0.05, 0) is 47.4 Å². The standard InChI is InChI=1S/C26H24N3O2/c1-2-6-25-24(18-28-29(25)22-7-4-3-5-8-22)26(31)27-17-19-9-11-20(12-10-19)21-13-15-23(30)16-14-21/h3-5,7-16,18H,2,6,17H2,1H3,(H,27,31). The summed E-state index contributed by atoms with van der Waals surface area (Å²) in [6.45, 7) is 2.52. The number of nitrogens with one attached hydrogen (secondary N) is 1. The number of carbonyl (C=O) groups excluding carboxylic acids is 1. The molecule has 0 aliphatic rings. The Morgan fingerprint density at radius 3 is 2.19 bits per heavy atom. The molecule has 0 unspecified atom stereocenters. The number of aromatic nitrogens is 2. The van der Waals surface area contributed by atoms with Gasteiger partial charge < -0.3 is 5.32 Å². The first-order valence-corrected chi connectivity index (χ1v) is 10.4. The second-order valence-electron chi connectivity index (χ2n) is 7.41. The number of amides is 1. The average Bonchev–Trinajstić information content (AvgIpc) is 3.23. The van der Waals surface area contributed by atoms with Crippen LogP contribution in [0.25, 0.3) is 16.8 Å². The fraction of sp³-hybridized carbons (Fsp3) is 0.154. The van der Waals surface area contributed by atoms with Gasteiger partial charge in [0.15, 0.2) is 5.75 Å². The molecule has 0 saturated carbocycles. The Kier molecular flexibility index (Phi) is 6.13. The Morgan fingerprint density at radius 2 is 1.55 bits per heavy atom. The van der Waals surface area contributed by atoms with E-state index in [1.807, 2.05) is 71.4 Å². The zero-order valence-electron chi connectivity index (χ0n) is 17.4. The molecule has 5 nitrogen and oxygen atoms in total. The molecule has 0 aliphatic heterocycles. The molecule has 0 aliphatic carbocycles. The first-order valence-electron chi connectivity index (χ1n) is 10.4. The van der Waals surface area contributed by atoms with Crippen LogP contribution in [0.5, 0.6) is 5.75 Å². The Labute approximate surface area is 182 Å². The molecule has 155 valence electrons. The highest BCUT2D eigenvalue weighted by Crippen LogP contribution is 2.22. The van der Waals surface area contributed by atoms with Crippen LogP contribution in [0.3, 0.4) is 0 Å². The zero-order chi connectivity index (χ0) is 21.6. The molecule has 0 atom stereocenters. The summed E-state index contributed by atoms with van der Waals surface area (Å²) < 4.78 is 1.85. The highest BCUT2D eigenvalue weighted by atomic mass is 16.3. The van der Waals surface area contributed by atoms with E-state index in [4.69, 9.17) is 0 Å². The monoisotopic (exact) mass is 410 g/mol. The van der Waals surface area contributed by atoms with Crippen molar-refractivity contribution in [3.63, 3.8) is 0 Å². The van der Waals surface area contributed by atoms with Gasteiger partial charge in [-0.3, -0.25) is 9.90 Å². The summed E-state index contributed by atoms with van der Waals surface area (Å²) >= 11 is 0. The first kappa shape index (κ1) is 20.4. The molecule has 4 aromatic rings. The van der Waals surface area contributed by atoms with Gasteiger partial charge >= 0.3 is 0 Å².